The maximum absolute atomic E-state index is 12.8. The van der Waals surface area contributed by atoms with Crippen LogP contribution in [0.1, 0.15) is 5.76 Å². The minimum Gasteiger partial charge on any atom is -0.457 e. The molecule has 2 aromatic carbocycles. The van der Waals surface area contributed by atoms with Crippen molar-refractivity contribution in [3.8, 4) is 11.3 Å². The van der Waals surface area contributed by atoms with Gasteiger partial charge in [-0.2, -0.15) is 0 Å². The lowest BCUT2D eigenvalue weighted by Gasteiger charge is -2.00. The predicted molar refractivity (Wildman–Crippen MR) is 110 cm³/mol. The molecule has 7 heteroatoms. The van der Waals surface area contributed by atoms with Crippen molar-refractivity contribution >= 4 is 56.6 Å². The molecule has 5 rings (SSSR count). The number of thiazole rings is 1. The average molecular weight is 413 g/mol. The van der Waals surface area contributed by atoms with Gasteiger partial charge < -0.3 is 4.42 Å². The van der Waals surface area contributed by atoms with Gasteiger partial charge in [0.1, 0.15) is 16.1 Å². The third-order valence-corrected chi connectivity index (χ3v) is 5.76. The van der Waals surface area contributed by atoms with Crippen LogP contribution in [0.25, 0.3) is 33.4 Å². The number of fused-ring (bicyclic) bond motifs is 3. The lowest BCUT2D eigenvalue weighted by atomic mass is 10.2. The van der Waals surface area contributed by atoms with Gasteiger partial charge in [-0.15, -0.1) is 0 Å². The Kier molecular flexibility index (Phi) is 3.82. The summed E-state index contributed by atoms with van der Waals surface area (Å²) in [5.41, 5.74) is 2.26. The molecule has 0 unspecified atom stereocenters. The van der Waals surface area contributed by atoms with E-state index in [0.717, 1.165) is 16.6 Å². The number of halogens is 2. The maximum atomic E-state index is 12.8. The van der Waals surface area contributed by atoms with Crippen LogP contribution in [0, 0.1) is 0 Å². The van der Waals surface area contributed by atoms with E-state index in [-0.39, 0.29) is 5.56 Å². The van der Waals surface area contributed by atoms with Gasteiger partial charge in [-0.1, -0.05) is 46.7 Å². The number of nitrogens with zero attached hydrogens (tertiary/aromatic N) is 2. The zero-order valence-corrected chi connectivity index (χ0v) is 16.0. The first kappa shape index (κ1) is 16.6. The van der Waals surface area contributed by atoms with Crippen LogP contribution in [0.2, 0.25) is 10.0 Å². The third kappa shape index (κ3) is 2.75. The van der Waals surface area contributed by atoms with Crippen molar-refractivity contribution in [3.63, 3.8) is 0 Å². The van der Waals surface area contributed by atoms with Crippen molar-refractivity contribution in [3.05, 3.63) is 85.3 Å². The fourth-order valence-electron chi connectivity index (χ4n) is 3.01. The predicted octanol–water partition coefficient (Wildman–Crippen LogP) is 5.02. The summed E-state index contributed by atoms with van der Waals surface area (Å²) >= 11 is 13.5. The van der Waals surface area contributed by atoms with Crippen molar-refractivity contribution in [2.45, 2.75) is 0 Å². The highest BCUT2D eigenvalue weighted by Gasteiger charge is 2.12. The van der Waals surface area contributed by atoms with E-state index >= 15 is 0 Å². The Balaban J connectivity index is 1.62. The van der Waals surface area contributed by atoms with Crippen molar-refractivity contribution in [1.82, 2.24) is 9.38 Å². The Hall–Kier alpha value is -2.60. The van der Waals surface area contributed by atoms with Crippen LogP contribution in [-0.2, 0) is 0 Å². The Bertz CT molecular complexity index is 1430. The van der Waals surface area contributed by atoms with Crippen molar-refractivity contribution in [2.24, 2.45) is 0 Å². The second-order valence-electron chi connectivity index (χ2n) is 5.96. The van der Waals surface area contributed by atoms with Gasteiger partial charge in [-0.3, -0.25) is 4.79 Å². The number of para-hydroxylation sites is 2. The van der Waals surface area contributed by atoms with Gasteiger partial charge in [0.15, 0.2) is 4.96 Å². The highest BCUT2D eigenvalue weighted by atomic mass is 35.5. The van der Waals surface area contributed by atoms with Gasteiger partial charge in [0, 0.05) is 16.7 Å². The highest BCUT2D eigenvalue weighted by molar-refractivity contribution is 7.15. The highest BCUT2D eigenvalue weighted by Crippen LogP contribution is 2.31. The molecular formula is C20H10Cl2N2O2S. The Morgan fingerprint density at radius 2 is 1.93 bits per heavy atom. The summed E-state index contributed by atoms with van der Waals surface area (Å²) in [4.78, 5) is 18.0. The van der Waals surface area contributed by atoms with E-state index in [4.69, 9.17) is 27.6 Å². The third-order valence-electron chi connectivity index (χ3n) is 4.24. The number of hydrogen-bond acceptors (Lipinski definition) is 4. The average Bonchev–Trinajstić information content (AvgIpc) is 3.31. The fraction of sp³-hybridized carbons (Fsp3) is 0. The lowest BCUT2D eigenvalue weighted by molar-refractivity contribution is 0.571. The summed E-state index contributed by atoms with van der Waals surface area (Å²) in [6.07, 6.45) is 1.73. The minimum atomic E-state index is -0.105. The van der Waals surface area contributed by atoms with Crippen LogP contribution < -0.4 is 10.1 Å². The summed E-state index contributed by atoms with van der Waals surface area (Å²) < 4.78 is 8.06. The molecule has 3 heterocycles. The van der Waals surface area contributed by atoms with E-state index in [0.29, 0.717) is 31.1 Å². The SMILES string of the molecule is O=c1/c(=C/c2ccc(-c3ccc(Cl)cc3Cl)o2)sc2nc3ccccc3n12. The summed E-state index contributed by atoms with van der Waals surface area (Å²) in [6.45, 7) is 0. The number of imidazole rings is 1. The molecule has 0 amide bonds. The molecule has 0 fully saturated rings. The van der Waals surface area contributed by atoms with Crippen molar-refractivity contribution in [1.29, 1.82) is 0 Å². The molecule has 0 saturated heterocycles. The van der Waals surface area contributed by atoms with E-state index < -0.39 is 0 Å². The monoisotopic (exact) mass is 412 g/mol. The molecule has 0 aliphatic carbocycles. The molecule has 0 atom stereocenters. The molecule has 0 aliphatic heterocycles. The number of aromatic nitrogens is 2. The minimum absolute atomic E-state index is 0.105. The standard InChI is InChI=1S/C20H10Cl2N2O2S/c21-11-5-7-13(14(22)9-11)17-8-6-12(26-17)10-18-19(25)24-16-4-2-1-3-15(16)23-20(24)27-18/h1-10H/b18-10-. The van der Waals surface area contributed by atoms with E-state index in [1.54, 1.807) is 34.7 Å². The smallest absolute Gasteiger partial charge is 0.275 e. The van der Waals surface area contributed by atoms with Crippen LogP contribution in [0.5, 0.6) is 0 Å². The Morgan fingerprint density at radius 1 is 1.07 bits per heavy atom. The molecule has 0 bridgehead atoms. The van der Waals surface area contributed by atoms with E-state index in [1.807, 2.05) is 30.3 Å². The van der Waals surface area contributed by atoms with Crippen LogP contribution in [0.4, 0.5) is 0 Å². The molecule has 0 spiro atoms. The molecule has 27 heavy (non-hydrogen) atoms. The van der Waals surface area contributed by atoms with Crippen LogP contribution in [0.3, 0.4) is 0 Å². The fourth-order valence-corrected chi connectivity index (χ4v) is 4.47. The van der Waals surface area contributed by atoms with Crippen molar-refractivity contribution in [2.75, 3.05) is 0 Å². The second kappa shape index (κ2) is 6.23. The second-order valence-corrected chi connectivity index (χ2v) is 7.81. The van der Waals surface area contributed by atoms with Gasteiger partial charge >= 0.3 is 0 Å². The number of rotatable bonds is 2. The van der Waals surface area contributed by atoms with E-state index in [9.17, 15) is 4.79 Å². The maximum Gasteiger partial charge on any atom is 0.275 e. The molecule has 132 valence electrons. The normalized spacial score (nSPS) is 12.4. The van der Waals surface area contributed by atoms with Crippen LogP contribution >= 0.6 is 34.5 Å². The lowest BCUT2D eigenvalue weighted by Crippen LogP contribution is -2.22. The first-order valence-electron chi connectivity index (χ1n) is 8.07. The molecule has 0 aliphatic rings. The Morgan fingerprint density at radius 3 is 2.78 bits per heavy atom. The molecule has 0 saturated carbocycles. The summed E-state index contributed by atoms with van der Waals surface area (Å²) in [7, 11) is 0. The van der Waals surface area contributed by atoms with E-state index in [1.165, 1.54) is 11.3 Å². The zero-order chi connectivity index (χ0) is 18.5. The van der Waals surface area contributed by atoms with Gasteiger partial charge in [-0.05, 0) is 42.5 Å². The molecule has 5 aromatic rings. The summed E-state index contributed by atoms with van der Waals surface area (Å²) in [5.74, 6) is 1.18. The first-order valence-corrected chi connectivity index (χ1v) is 9.64. The van der Waals surface area contributed by atoms with Gasteiger partial charge in [0.2, 0.25) is 0 Å². The molecule has 4 nitrogen and oxygen atoms in total. The molecule has 3 aromatic heterocycles. The van der Waals surface area contributed by atoms with Crippen LogP contribution in [-0.4, -0.2) is 9.38 Å². The topological polar surface area (TPSA) is 47.5 Å². The van der Waals surface area contributed by atoms with Gasteiger partial charge in [-0.25, -0.2) is 9.38 Å². The number of hydrogen-bond donors (Lipinski definition) is 0. The summed E-state index contributed by atoms with van der Waals surface area (Å²) in [6, 6.07) is 16.4. The largest absolute Gasteiger partial charge is 0.457 e. The molecule has 0 N–H and O–H groups in total. The quantitative estimate of drug-likeness (QED) is 0.408. The van der Waals surface area contributed by atoms with Crippen molar-refractivity contribution < 1.29 is 4.42 Å². The summed E-state index contributed by atoms with van der Waals surface area (Å²) in [5, 5.41) is 1.07. The number of furan rings is 1. The molecular weight excluding hydrogens is 403 g/mol. The zero-order valence-electron chi connectivity index (χ0n) is 13.6. The van der Waals surface area contributed by atoms with Gasteiger partial charge in [0.25, 0.3) is 5.56 Å². The first-order chi connectivity index (χ1) is 13.1. The van der Waals surface area contributed by atoms with Crippen LogP contribution in [0.15, 0.2) is 63.8 Å². The Labute approximate surface area is 166 Å². The van der Waals surface area contributed by atoms with Gasteiger partial charge in [0.05, 0.1) is 16.1 Å². The van der Waals surface area contributed by atoms with E-state index in [2.05, 4.69) is 4.98 Å². The number of benzene rings is 2. The molecule has 0 radical (unpaired) electrons.